The fourth-order valence-corrected chi connectivity index (χ4v) is 4.56. The third-order valence-corrected chi connectivity index (χ3v) is 6.18. The Labute approximate surface area is 156 Å². The number of ether oxygens (including phenoxy) is 1. The van der Waals surface area contributed by atoms with Gasteiger partial charge in [0.05, 0.1) is 0 Å². The second kappa shape index (κ2) is 6.70. The number of amides is 1. The van der Waals surface area contributed by atoms with E-state index < -0.39 is 0 Å². The number of hydrogen-bond donors (Lipinski definition) is 1. The minimum atomic E-state index is 0.0249. The predicted molar refractivity (Wildman–Crippen MR) is 90.4 cm³/mol. The topological polar surface area (TPSA) is 65.6 Å². The molecular formula is C18H19IN3O3-. The average Bonchev–Trinajstić information content (AvgIpc) is 3.14. The van der Waals surface area contributed by atoms with E-state index in [2.05, 4.69) is 16.0 Å². The SMILES string of the molecule is C[I-]Cc1cc(N2COc3cc(C(=O)N4CCC4)[nH]c32)ccc1C=O. The summed E-state index contributed by atoms with van der Waals surface area (Å²) in [4.78, 5) is 32.9. The summed E-state index contributed by atoms with van der Waals surface area (Å²) in [5, 5.41) is 0. The minimum absolute atomic E-state index is 0.0249. The van der Waals surface area contributed by atoms with Gasteiger partial charge in [0.15, 0.2) is 0 Å². The molecule has 6 nitrogen and oxygen atoms in total. The number of H-pyrrole nitrogens is 1. The van der Waals surface area contributed by atoms with Crippen LogP contribution in [0, 0.1) is 0 Å². The van der Waals surface area contributed by atoms with Crippen LogP contribution < -0.4 is 30.8 Å². The number of rotatable bonds is 5. The van der Waals surface area contributed by atoms with Crippen LogP contribution in [0.25, 0.3) is 0 Å². The molecule has 0 spiro atoms. The number of nitrogens with zero attached hydrogens (tertiary/aromatic N) is 2. The molecule has 2 aromatic rings. The molecule has 0 radical (unpaired) electrons. The number of fused-ring (bicyclic) bond motifs is 1. The zero-order chi connectivity index (χ0) is 17.4. The fourth-order valence-electron chi connectivity index (χ4n) is 3.08. The zero-order valence-electron chi connectivity index (χ0n) is 13.9. The van der Waals surface area contributed by atoms with Crippen LogP contribution in [0.1, 0.15) is 32.8 Å². The monoisotopic (exact) mass is 452 g/mol. The van der Waals surface area contributed by atoms with Crippen LogP contribution in [0.4, 0.5) is 11.5 Å². The molecule has 1 N–H and O–H groups in total. The number of benzene rings is 1. The van der Waals surface area contributed by atoms with Crippen molar-refractivity contribution >= 4 is 23.7 Å². The average molecular weight is 452 g/mol. The molecule has 4 rings (SSSR count). The number of nitrogens with one attached hydrogen (secondary N) is 1. The van der Waals surface area contributed by atoms with Gasteiger partial charge in [-0.05, 0) is 0 Å². The third-order valence-electron chi connectivity index (χ3n) is 4.60. The number of likely N-dealkylation sites (tertiary alicyclic amines) is 1. The Morgan fingerprint density at radius 3 is 2.88 bits per heavy atom. The van der Waals surface area contributed by atoms with E-state index in [0.717, 1.165) is 52.9 Å². The van der Waals surface area contributed by atoms with Crippen LogP contribution in [0.15, 0.2) is 24.3 Å². The predicted octanol–water partition coefficient (Wildman–Crippen LogP) is -0.620. The Kier molecular flexibility index (Phi) is 4.41. The van der Waals surface area contributed by atoms with Gasteiger partial charge in [0.2, 0.25) is 0 Å². The van der Waals surface area contributed by atoms with E-state index in [-0.39, 0.29) is 27.1 Å². The normalized spacial score (nSPS) is 15.7. The van der Waals surface area contributed by atoms with Crippen molar-refractivity contribution in [3.05, 3.63) is 41.1 Å². The Hall–Kier alpha value is -2.03. The summed E-state index contributed by atoms with van der Waals surface area (Å²) in [7, 11) is 0. The molecule has 0 bridgehead atoms. The van der Waals surface area contributed by atoms with Gasteiger partial charge in [-0.1, -0.05) is 0 Å². The van der Waals surface area contributed by atoms with Crippen molar-refractivity contribution in [3.63, 3.8) is 0 Å². The number of aromatic nitrogens is 1. The van der Waals surface area contributed by atoms with Gasteiger partial charge < -0.3 is 0 Å². The second-order valence-corrected chi connectivity index (χ2v) is 8.43. The van der Waals surface area contributed by atoms with Crippen LogP contribution in [0.3, 0.4) is 0 Å². The molecule has 2 aliphatic heterocycles. The van der Waals surface area contributed by atoms with E-state index in [1.807, 2.05) is 21.9 Å². The van der Waals surface area contributed by atoms with Crippen LogP contribution in [0.2, 0.25) is 0 Å². The first-order valence-electron chi connectivity index (χ1n) is 8.15. The van der Waals surface area contributed by atoms with Gasteiger partial charge in [-0.25, -0.2) is 0 Å². The molecule has 2 aliphatic rings. The molecule has 1 aromatic carbocycles. The molecule has 0 aliphatic carbocycles. The third kappa shape index (κ3) is 2.90. The Morgan fingerprint density at radius 2 is 2.20 bits per heavy atom. The standard InChI is InChI=1S/C18H19IN3O3/c1-19-9-13-7-14(4-3-12(13)10-23)22-11-25-16-8-15(20-17(16)22)18(24)21-5-2-6-21/h3-4,7-8,10,20H,2,5-6,9,11H2,1H3/q-1. The van der Waals surface area contributed by atoms with Gasteiger partial charge in [0.25, 0.3) is 0 Å². The van der Waals surface area contributed by atoms with Crippen LogP contribution in [-0.4, -0.2) is 46.8 Å². The Bertz CT molecular complexity index is 829. The van der Waals surface area contributed by atoms with Gasteiger partial charge in [-0.3, -0.25) is 0 Å². The van der Waals surface area contributed by atoms with Crippen molar-refractivity contribution in [1.82, 2.24) is 9.88 Å². The summed E-state index contributed by atoms with van der Waals surface area (Å²) >= 11 is 0.0520. The van der Waals surface area contributed by atoms with Gasteiger partial charge in [-0.2, -0.15) is 0 Å². The molecule has 132 valence electrons. The van der Waals surface area contributed by atoms with E-state index in [0.29, 0.717) is 18.2 Å². The molecule has 3 heterocycles. The van der Waals surface area contributed by atoms with Crippen molar-refractivity contribution in [2.24, 2.45) is 0 Å². The number of carbonyl (C=O) groups excluding carboxylic acids is 2. The summed E-state index contributed by atoms with van der Waals surface area (Å²) < 4.78 is 6.71. The number of alkyl halides is 2. The van der Waals surface area contributed by atoms with Crippen molar-refractivity contribution < 1.29 is 35.5 Å². The first-order valence-corrected chi connectivity index (χ1v) is 11.8. The maximum absolute atomic E-state index is 12.4. The molecule has 0 saturated carbocycles. The van der Waals surface area contributed by atoms with E-state index in [9.17, 15) is 9.59 Å². The van der Waals surface area contributed by atoms with Crippen molar-refractivity contribution in [2.75, 3.05) is 29.7 Å². The number of aromatic amines is 1. The quantitative estimate of drug-likeness (QED) is 0.373. The summed E-state index contributed by atoms with van der Waals surface area (Å²) in [6.45, 7) is 2.05. The molecule has 1 aromatic heterocycles. The van der Waals surface area contributed by atoms with E-state index in [1.165, 1.54) is 0 Å². The molecule has 0 atom stereocenters. The summed E-state index contributed by atoms with van der Waals surface area (Å²) in [6.07, 6.45) is 1.99. The maximum atomic E-state index is 12.4. The zero-order valence-corrected chi connectivity index (χ0v) is 16.1. The molecule has 0 unspecified atom stereocenters. The molecule has 1 amide bonds. The van der Waals surface area contributed by atoms with Crippen LogP contribution in [0.5, 0.6) is 5.75 Å². The molecule has 1 fully saturated rings. The fraction of sp³-hybridized carbons (Fsp3) is 0.333. The van der Waals surface area contributed by atoms with Crippen LogP contribution >= 0.6 is 0 Å². The number of halogens is 1. The van der Waals surface area contributed by atoms with Gasteiger partial charge in [0, 0.05) is 0 Å². The Balaban J connectivity index is 1.63. The van der Waals surface area contributed by atoms with Gasteiger partial charge in [-0.15, -0.1) is 0 Å². The summed E-state index contributed by atoms with van der Waals surface area (Å²) in [5.41, 5.74) is 3.38. The molecule has 25 heavy (non-hydrogen) atoms. The summed E-state index contributed by atoms with van der Waals surface area (Å²) in [5.74, 6) is 1.53. The number of aldehydes is 1. The van der Waals surface area contributed by atoms with Crippen molar-refractivity contribution in [2.45, 2.75) is 10.8 Å². The van der Waals surface area contributed by atoms with Gasteiger partial charge in [0.1, 0.15) is 0 Å². The molecular weight excluding hydrogens is 433 g/mol. The van der Waals surface area contributed by atoms with E-state index >= 15 is 0 Å². The first-order chi connectivity index (χ1) is 12.2. The molecule has 7 heteroatoms. The number of anilines is 2. The second-order valence-electron chi connectivity index (χ2n) is 6.14. The van der Waals surface area contributed by atoms with E-state index in [4.69, 9.17) is 4.74 Å². The van der Waals surface area contributed by atoms with Gasteiger partial charge >= 0.3 is 156 Å². The van der Waals surface area contributed by atoms with Crippen LogP contribution in [-0.2, 0) is 4.43 Å². The molecule has 1 saturated heterocycles. The van der Waals surface area contributed by atoms with Crippen molar-refractivity contribution in [1.29, 1.82) is 0 Å². The number of carbonyl (C=O) groups is 2. The first kappa shape index (κ1) is 16.4. The Morgan fingerprint density at radius 1 is 1.36 bits per heavy atom. The summed E-state index contributed by atoms with van der Waals surface area (Å²) in [6, 6.07) is 7.64. The number of hydrogen-bond acceptors (Lipinski definition) is 4. The van der Waals surface area contributed by atoms with E-state index in [1.54, 1.807) is 6.07 Å². The van der Waals surface area contributed by atoms with Crippen molar-refractivity contribution in [3.8, 4) is 5.75 Å².